The highest BCUT2D eigenvalue weighted by Crippen LogP contribution is 2.23. The van der Waals surface area contributed by atoms with Crippen molar-refractivity contribution in [2.24, 2.45) is 0 Å². The summed E-state index contributed by atoms with van der Waals surface area (Å²) in [5.74, 6) is -0.0890. The lowest BCUT2D eigenvalue weighted by Crippen LogP contribution is -2.34. The number of aryl methyl sites for hydroxylation is 2. The monoisotopic (exact) mass is 450 g/mol. The molecule has 1 aromatic heterocycles. The lowest BCUT2D eigenvalue weighted by atomic mass is 10.1. The fourth-order valence-electron chi connectivity index (χ4n) is 3.55. The van der Waals surface area contributed by atoms with Crippen molar-refractivity contribution in [3.63, 3.8) is 0 Å². The maximum absolute atomic E-state index is 13.2. The van der Waals surface area contributed by atoms with Crippen LogP contribution in [-0.4, -0.2) is 39.5 Å². The first-order valence-electron chi connectivity index (χ1n) is 10.4. The summed E-state index contributed by atoms with van der Waals surface area (Å²) < 4.78 is 1.52. The van der Waals surface area contributed by atoms with Gasteiger partial charge >= 0.3 is 0 Å². The Morgan fingerprint density at radius 3 is 2.62 bits per heavy atom. The van der Waals surface area contributed by atoms with Crippen LogP contribution in [0.2, 0.25) is 0 Å². The third-order valence-corrected chi connectivity index (χ3v) is 5.92. The number of hydrogen-bond acceptors (Lipinski definition) is 6. The summed E-state index contributed by atoms with van der Waals surface area (Å²) in [6.07, 6.45) is 0.636. The molecule has 2 aromatic carbocycles. The molecule has 0 aliphatic carbocycles. The van der Waals surface area contributed by atoms with Crippen molar-refractivity contribution in [3.8, 4) is 6.07 Å². The summed E-state index contributed by atoms with van der Waals surface area (Å²) in [5.41, 5.74) is 3.22. The van der Waals surface area contributed by atoms with Crippen molar-refractivity contribution in [3.05, 3.63) is 63.9 Å². The summed E-state index contributed by atoms with van der Waals surface area (Å²) >= 11 is 1.20. The number of nitriles is 1. The molecule has 0 radical (unpaired) electrons. The van der Waals surface area contributed by atoms with Crippen LogP contribution in [0.1, 0.15) is 24.0 Å². The standard InChI is InChI=1S/C24H26N4O3S/c1-17-13-18(2)15-19(14-17)27(10-5-9-25)22(30)16-32-24-26-21-8-4-3-7-20(21)23(31)28(24)11-6-12-29/h3-4,7-8,13-15,29H,5-6,10-12,16H2,1-2H3. The van der Waals surface area contributed by atoms with Crippen molar-refractivity contribution in [2.45, 2.75) is 38.4 Å². The lowest BCUT2D eigenvalue weighted by molar-refractivity contribution is -0.116. The first-order chi connectivity index (χ1) is 15.4. The van der Waals surface area contributed by atoms with Crippen LogP contribution in [-0.2, 0) is 11.3 Å². The van der Waals surface area contributed by atoms with Crippen LogP contribution in [0, 0.1) is 25.2 Å². The quantitative estimate of drug-likeness (QED) is 0.396. The molecular formula is C24H26N4O3S. The Morgan fingerprint density at radius 1 is 1.22 bits per heavy atom. The lowest BCUT2D eigenvalue weighted by Gasteiger charge is -2.23. The molecule has 0 bridgehead atoms. The second-order valence-corrected chi connectivity index (χ2v) is 8.48. The van der Waals surface area contributed by atoms with Gasteiger partial charge in [0.05, 0.1) is 29.1 Å². The van der Waals surface area contributed by atoms with E-state index in [-0.39, 0.29) is 30.2 Å². The van der Waals surface area contributed by atoms with Crippen LogP contribution >= 0.6 is 11.8 Å². The van der Waals surface area contributed by atoms with Crippen LogP contribution in [0.4, 0.5) is 5.69 Å². The van der Waals surface area contributed by atoms with E-state index >= 15 is 0 Å². The van der Waals surface area contributed by atoms with E-state index in [0.717, 1.165) is 16.8 Å². The highest BCUT2D eigenvalue weighted by atomic mass is 32.2. The van der Waals surface area contributed by atoms with Crippen molar-refractivity contribution < 1.29 is 9.90 Å². The van der Waals surface area contributed by atoms with Gasteiger partial charge < -0.3 is 10.0 Å². The minimum atomic E-state index is -0.186. The Hall–Kier alpha value is -3.15. The second-order valence-electron chi connectivity index (χ2n) is 7.53. The maximum atomic E-state index is 13.2. The van der Waals surface area contributed by atoms with Gasteiger partial charge in [0.2, 0.25) is 5.91 Å². The Morgan fingerprint density at radius 2 is 1.94 bits per heavy atom. The number of rotatable bonds is 9. The average molecular weight is 451 g/mol. The molecule has 0 saturated heterocycles. The molecule has 0 aliphatic heterocycles. The second kappa shape index (κ2) is 10.9. The number of fused-ring (bicyclic) bond motifs is 1. The first kappa shape index (κ1) is 23.5. The number of amides is 1. The molecule has 3 aromatic rings. The zero-order valence-corrected chi connectivity index (χ0v) is 19.1. The van der Waals surface area contributed by atoms with Crippen LogP contribution in [0.5, 0.6) is 0 Å². The summed E-state index contributed by atoms with van der Waals surface area (Å²) in [6, 6.07) is 15.1. The number of anilines is 1. The third-order valence-electron chi connectivity index (χ3n) is 4.96. The van der Waals surface area contributed by atoms with Gasteiger partial charge in [-0.3, -0.25) is 14.2 Å². The number of carbonyl (C=O) groups excluding carboxylic acids is 1. The number of aliphatic hydroxyl groups excluding tert-OH is 1. The molecule has 0 atom stereocenters. The molecule has 1 N–H and O–H groups in total. The van der Waals surface area contributed by atoms with E-state index in [4.69, 9.17) is 5.26 Å². The number of benzene rings is 2. The molecule has 0 unspecified atom stereocenters. The topological polar surface area (TPSA) is 99.2 Å². The van der Waals surface area contributed by atoms with Gasteiger partial charge in [0.1, 0.15) is 0 Å². The number of aromatic nitrogens is 2. The molecule has 0 saturated carbocycles. The normalized spacial score (nSPS) is 10.8. The van der Waals surface area contributed by atoms with Crippen LogP contribution in [0.25, 0.3) is 10.9 Å². The van der Waals surface area contributed by atoms with Crippen LogP contribution in [0.15, 0.2) is 52.4 Å². The summed E-state index contributed by atoms with van der Waals surface area (Å²) in [4.78, 5) is 32.4. The number of para-hydroxylation sites is 1. The minimum Gasteiger partial charge on any atom is -0.396 e. The molecular weight excluding hydrogens is 424 g/mol. The molecule has 3 rings (SSSR count). The predicted octanol–water partition coefficient (Wildman–Crippen LogP) is 3.43. The van der Waals surface area contributed by atoms with E-state index in [1.165, 1.54) is 16.3 Å². The average Bonchev–Trinajstić information content (AvgIpc) is 2.77. The fraction of sp³-hybridized carbons (Fsp3) is 0.333. The summed E-state index contributed by atoms with van der Waals surface area (Å²) in [6.45, 7) is 4.51. The number of carbonyl (C=O) groups is 1. The molecule has 7 nitrogen and oxygen atoms in total. The first-order valence-corrected chi connectivity index (χ1v) is 11.4. The Kier molecular flexibility index (Phi) is 8.03. The van der Waals surface area contributed by atoms with Crippen LogP contribution < -0.4 is 10.5 Å². The van der Waals surface area contributed by atoms with Gasteiger partial charge in [-0.15, -0.1) is 0 Å². The summed E-state index contributed by atoms with van der Waals surface area (Å²) in [5, 5.41) is 19.2. The fourth-order valence-corrected chi connectivity index (χ4v) is 4.46. The van der Waals surface area contributed by atoms with E-state index in [2.05, 4.69) is 11.1 Å². The largest absolute Gasteiger partial charge is 0.396 e. The van der Waals surface area contributed by atoms with Gasteiger partial charge in [0.25, 0.3) is 5.56 Å². The Bertz CT molecular complexity index is 1200. The predicted molar refractivity (Wildman–Crippen MR) is 127 cm³/mol. The zero-order chi connectivity index (χ0) is 23.1. The molecule has 1 heterocycles. The van der Waals surface area contributed by atoms with E-state index < -0.39 is 0 Å². The zero-order valence-electron chi connectivity index (χ0n) is 18.2. The number of thioether (sulfide) groups is 1. The molecule has 166 valence electrons. The SMILES string of the molecule is Cc1cc(C)cc(N(CCC#N)C(=O)CSc2nc3ccccc3c(=O)n2CCCO)c1. The molecule has 32 heavy (non-hydrogen) atoms. The number of hydrogen-bond donors (Lipinski definition) is 1. The van der Waals surface area contributed by atoms with E-state index in [9.17, 15) is 14.7 Å². The van der Waals surface area contributed by atoms with E-state index in [0.29, 0.717) is 35.6 Å². The molecule has 0 spiro atoms. The van der Waals surface area contributed by atoms with Gasteiger partial charge in [-0.25, -0.2) is 4.98 Å². The highest BCUT2D eigenvalue weighted by molar-refractivity contribution is 7.99. The number of nitrogens with zero attached hydrogens (tertiary/aromatic N) is 4. The maximum Gasteiger partial charge on any atom is 0.262 e. The molecule has 1 amide bonds. The van der Waals surface area contributed by atoms with Crippen molar-refractivity contribution >= 4 is 34.3 Å². The molecule has 0 aliphatic rings. The Labute approximate surface area is 191 Å². The van der Waals surface area contributed by atoms with Gasteiger partial charge in [0.15, 0.2) is 5.16 Å². The van der Waals surface area contributed by atoms with E-state index in [1.807, 2.05) is 38.1 Å². The van der Waals surface area contributed by atoms with Crippen molar-refractivity contribution in [1.82, 2.24) is 9.55 Å². The van der Waals surface area contributed by atoms with Crippen molar-refractivity contribution in [2.75, 3.05) is 23.8 Å². The van der Waals surface area contributed by atoms with Crippen molar-refractivity contribution in [1.29, 1.82) is 5.26 Å². The molecule has 0 fully saturated rings. The van der Waals surface area contributed by atoms with Crippen LogP contribution in [0.3, 0.4) is 0 Å². The third kappa shape index (κ3) is 5.55. The van der Waals surface area contributed by atoms with Gasteiger partial charge in [0, 0.05) is 25.4 Å². The highest BCUT2D eigenvalue weighted by Gasteiger charge is 2.19. The number of aliphatic hydroxyl groups is 1. The van der Waals surface area contributed by atoms with Gasteiger partial charge in [-0.1, -0.05) is 30.0 Å². The van der Waals surface area contributed by atoms with E-state index in [1.54, 1.807) is 23.1 Å². The summed E-state index contributed by atoms with van der Waals surface area (Å²) in [7, 11) is 0. The Balaban J connectivity index is 1.89. The smallest absolute Gasteiger partial charge is 0.262 e. The minimum absolute atomic E-state index is 0.0447. The molecule has 8 heteroatoms. The van der Waals surface area contributed by atoms with Gasteiger partial charge in [-0.2, -0.15) is 5.26 Å². The van der Waals surface area contributed by atoms with Gasteiger partial charge in [-0.05, 0) is 55.7 Å².